The zero-order valence-electron chi connectivity index (χ0n) is 17.8. The van der Waals surface area contributed by atoms with E-state index in [1.54, 1.807) is 0 Å². The number of ether oxygens (including phenoxy) is 2. The Balaban J connectivity index is 1.54. The van der Waals surface area contributed by atoms with Crippen LogP contribution >= 0.6 is 0 Å². The molecule has 0 radical (unpaired) electrons. The molecule has 3 rings (SSSR count). The number of benzene rings is 3. The van der Waals surface area contributed by atoms with Gasteiger partial charge in [0.25, 0.3) is 5.91 Å². The maximum atomic E-state index is 12.6. The Kier molecular flexibility index (Phi) is 7.50. The van der Waals surface area contributed by atoms with E-state index in [0.717, 1.165) is 22.4 Å². The molecular formula is C26H29NO3. The van der Waals surface area contributed by atoms with Gasteiger partial charge in [0.1, 0.15) is 11.5 Å². The number of amides is 1. The Labute approximate surface area is 178 Å². The molecule has 0 saturated heterocycles. The lowest BCUT2D eigenvalue weighted by Crippen LogP contribution is -2.37. The molecule has 156 valence electrons. The fraction of sp³-hybridized carbons (Fsp3) is 0.269. The van der Waals surface area contributed by atoms with E-state index in [1.165, 1.54) is 0 Å². The molecule has 4 heteroatoms. The highest BCUT2D eigenvalue weighted by Crippen LogP contribution is 2.23. The van der Waals surface area contributed by atoms with Gasteiger partial charge in [0, 0.05) is 6.54 Å². The van der Waals surface area contributed by atoms with Gasteiger partial charge in [0.05, 0.1) is 6.10 Å². The zero-order valence-corrected chi connectivity index (χ0v) is 17.8. The molecule has 1 amide bonds. The smallest absolute Gasteiger partial charge is 0.261 e. The lowest BCUT2D eigenvalue weighted by atomic mass is 10.1. The Morgan fingerprint density at radius 2 is 1.37 bits per heavy atom. The summed E-state index contributed by atoms with van der Waals surface area (Å²) in [5.41, 5.74) is 3.28. The Morgan fingerprint density at radius 3 is 1.97 bits per heavy atom. The first kappa shape index (κ1) is 21.4. The summed E-state index contributed by atoms with van der Waals surface area (Å²) in [5, 5.41) is 2.96. The van der Waals surface area contributed by atoms with Crippen LogP contribution in [0.15, 0.2) is 78.9 Å². The maximum Gasteiger partial charge on any atom is 0.261 e. The molecule has 0 aromatic heterocycles. The lowest BCUT2D eigenvalue weighted by Gasteiger charge is -2.18. The fourth-order valence-corrected chi connectivity index (χ4v) is 3.10. The third-order valence-corrected chi connectivity index (χ3v) is 4.66. The summed E-state index contributed by atoms with van der Waals surface area (Å²) in [6.07, 6.45) is 0.198. The first-order valence-electron chi connectivity index (χ1n) is 10.4. The summed E-state index contributed by atoms with van der Waals surface area (Å²) in [5.74, 6) is 1.40. The van der Waals surface area contributed by atoms with Crippen molar-refractivity contribution >= 4 is 5.91 Å². The van der Waals surface area contributed by atoms with Crippen molar-refractivity contribution in [3.05, 3.63) is 84.4 Å². The molecule has 0 bridgehead atoms. The summed E-state index contributed by atoms with van der Waals surface area (Å²) in [4.78, 5) is 12.6. The van der Waals surface area contributed by atoms with Gasteiger partial charge >= 0.3 is 0 Å². The fourth-order valence-electron chi connectivity index (χ4n) is 3.10. The van der Waals surface area contributed by atoms with Crippen LogP contribution in [0.25, 0.3) is 11.1 Å². The Bertz CT molecular complexity index is 919. The van der Waals surface area contributed by atoms with Crippen molar-refractivity contribution in [2.75, 3.05) is 0 Å². The Hall–Kier alpha value is -3.27. The average Bonchev–Trinajstić information content (AvgIpc) is 2.77. The van der Waals surface area contributed by atoms with Gasteiger partial charge in [-0.15, -0.1) is 0 Å². The highest BCUT2D eigenvalue weighted by Gasteiger charge is 2.18. The number of carbonyl (C=O) groups is 1. The van der Waals surface area contributed by atoms with E-state index in [4.69, 9.17) is 9.47 Å². The second-order valence-electron chi connectivity index (χ2n) is 7.43. The topological polar surface area (TPSA) is 47.6 Å². The molecule has 0 aliphatic rings. The molecule has 3 aromatic carbocycles. The average molecular weight is 404 g/mol. The van der Waals surface area contributed by atoms with Gasteiger partial charge in [-0.25, -0.2) is 0 Å². The number of carbonyl (C=O) groups excluding carboxylic acids is 1. The first-order chi connectivity index (χ1) is 14.5. The molecule has 30 heavy (non-hydrogen) atoms. The van der Waals surface area contributed by atoms with Crippen LogP contribution in [0.4, 0.5) is 0 Å². The summed E-state index contributed by atoms with van der Waals surface area (Å²) >= 11 is 0. The van der Waals surface area contributed by atoms with Crippen LogP contribution in [0.2, 0.25) is 0 Å². The lowest BCUT2D eigenvalue weighted by molar-refractivity contribution is -0.128. The van der Waals surface area contributed by atoms with Crippen LogP contribution in [-0.4, -0.2) is 18.1 Å². The molecule has 1 unspecified atom stereocenters. The summed E-state index contributed by atoms with van der Waals surface area (Å²) < 4.78 is 11.6. The van der Waals surface area contributed by atoms with Crippen LogP contribution in [0.5, 0.6) is 11.5 Å². The predicted molar refractivity (Wildman–Crippen MR) is 121 cm³/mol. The summed E-state index contributed by atoms with van der Waals surface area (Å²) in [6, 6.07) is 25.8. The predicted octanol–water partition coefficient (Wildman–Crippen LogP) is 5.61. The van der Waals surface area contributed by atoms with E-state index in [0.29, 0.717) is 18.7 Å². The van der Waals surface area contributed by atoms with Gasteiger partial charge in [0.2, 0.25) is 0 Å². The van der Waals surface area contributed by atoms with Gasteiger partial charge in [-0.05, 0) is 61.2 Å². The molecule has 0 aliphatic heterocycles. The van der Waals surface area contributed by atoms with Crippen molar-refractivity contribution in [2.45, 2.75) is 45.9 Å². The van der Waals surface area contributed by atoms with Crippen LogP contribution in [0.1, 0.15) is 32.8 Å². The molecule has 3 aromatic rings. The molecule has 0 saturated carbocycles. The Morgan fingerprint density at radius 1 is 0.800 bits per heavy atom. The molecule has 0 fully saturated rings. The largest absolute Gasteiger partial charge is 0.491 e. The van der Waals surface area contributed by atoms with E-state index >= 15 is 0 Å². The summed E-state index contributed by atoms with van der Waals surface area (Å²) in [7, 11) is 0. The maximum absolute atomic E-state index is 12.6. The van der Waals surface area contributed by atoms with Gasteiger partial charge < -0.3 is 14.8 Å². The number of hydrogen-bond acceptors (Lipinski definition) is 3. The standard InChI is InChI=1S/C26H29NO3/c1-4-25(26(28)27-18-20-10-14-23(15-11-20)29-19(2)3)30-24-16-12-22(13-17-24)21-8-6-5-7-9-21/h5-17,19,25H,4,18H2,1-3H3,(H,27,28). The molecule has 0 spiro atoms. The molecule has 0 aliphatic carbocycles. The van der Waals surface area contributed by atoms with Crippen LogP contribution in [0.3, 0.4) is 0 Å². The minimum atomic E-state index is -0.531. The van der Waals surface area contributed by atoms with Crippen molar-refractivity contribution in [3.63, 3.8) is 0 Å². The first-order valence-corrected chi connectivity index (χ1v) is 10.4. The second kappa shape index (κ2) is 10.5. The molecular weight excluding hydrogens is 374 g/mol. The van der Waals surface area contributed by atoms with E-state index < -0.39 is 6.10 Å². The van der Waals surface area contributed by atoms with Crippen LogP contribution < -0.4 is 14.8 Å². The van der Waals surface area contributed by atoms with Gasteiger partial charge in [-0.2, -0.15) is 0 Å². The van der Waals surface area contributed by atoms with Crippen LogP contribution in [-0.2, 0) is 11.3 Å². The minimum absolute atomic E-state index is 0.118. The third kappa shape index (κ3) is 6.11. The summed E-state index contributed by atoms with van der Waals surface area (Å²) in [6.45, 7) is 6.39. The number of hydrogen-bond donors (Lipinski definition) is 1. The van der Waals surface area contributed by atoms with Gasteiger partial charge in [-0.3, -0.25) is 4.79 Å². The third-order valence-electron chi connectivity index (χ3n) is 4.66. The van der Waals surface area contributed by atoms with Crippen molar-refractivity contribution in [1.29, 1.82) is 0 Å². The van der Waals surface area contributed by atoms with Gasteiger partial charge in [0.15, 0.2) is 6.10 Å². The van der Waals surface area contributed by atoms with Crippen molar-refractivity contribution in [2.24, 2.45) is 0 Å². The number of nitrogens with one attached hydrogen (secondary N) is 1. The SMILES string of the molecule is CCC(Oc1ccc(-c2ccccc2)cc1)C(=O)NCc1ccc(OC(C)C)cc1. The highest BCUT2D eigenvalue weighted by molar-refractivity contribution is 5.81. The monoisotopic (exact) mass is 403 g/mol. The molecule has 4 nitrogen and oxygen atoms in total. The van der Waals surface area contributed by atoms with Gasteiger partial charge in [-0.1, -0.05) is 61.5 Å². The van der Waals surface area contributed by atoms with Crippen molar-refractivity contribution in [3.8, 4) is 22.6 Å². The quantitative estimate of drug-likeness (QED) is 0.505. The molecule has 1 N–H and O–H groups in total. The van der Waals surface area contributed by atoms with Crippen molar-refractivity contribution in [1.82, 2.24) is 5.32 Å². The second-order valence-corrected chi connectivity index (χ2v) is 7.43. The molecule has 0 heterocycles. The minimum Gasteiger partial charge on any atom is -0.491 e. The van der Waals surface area contributed by atoms with E-state index in [9.17, 15) is 4.79 Å². The highest BCUT2D eigenvalue weighted by atomic mass is 16.5. The number of rotatable bonds is 9. The van der Waals surface area contributed by atoms with Crippen LogP contribution in [0, 0.1) is 0 Å². The zero-order chi connectivity index (χ0) is 21.3. The molecule has 1 atom stereocenters. The van der Waals surface area contributed by atoms with E-state index in [2.05, 4.69) is 17.4 Å². The van der Waals surface area contributed by atoms with Crippen molar-refractivity contribution < 1.29 is 14.3 Å². The normalized spacial score (nSPS) is 11.7. The van der Waals surface area contributed by atoms with E-state index in [-0.39, 0.29) is 12.0 Å². The van der Waals surface area contributed by atoms with E-state index in [1.807, 2.05) is 87.5 Å².